The molecule has 0 spiro atoms. The number of hydrogen-bond acceptors (Lipinski definition) is 4. The van der Waals surface area contributed by atoms with E-state index in [9.17, 15) is 4.79 Å². The molecule has 0 aliphatic carbocycles. The second kappa shape index (κ2) is 4.42. The molecule has 1 aromatic carbocycles. The Balaban J connectivity index is 1.97. The van der Waals surface area contributed by atoms with Gasteiger partial charge in [0, 0.05) is 6.61 Å². The van der Waals surface area contributed by atoms with E-state index in [2.05, 4.69) is 4.98 Å². The Morgan fingerprint density at radius 3 is 3.06 bits per heavy atom. The Bertz CT molecular complexity index is 584. The maximum absolute atomic E-state index is 10.9. The average molecular weight is 247 g/mol. The monoisotopic (exact) mass is 247 g/mol. The minimum Gasteiger partial charge on any atom is -0.478 e. The Kier molecular flexibility index (Phi) is 2.76. The number of hydrogen-bond donors (Lipinski definition) is 1. The number of nitrogens with zero attached hydrogens (tertiary/aromatic N) is 1. The van der Waals surface area contributed by atoms with Crippen LogP contribution in [0.25, 0.3) is 11.1 Å². The summed E-state index contributed by atoms with van der Waals surface area (Å²) < 4.78 is 11.0. The Labute approximate surface area is 103 Å². The molecular weight excluding hydrogens is 234 g/mol. The lowest BCUT2D eigenvalue weighted by molar-refractivity contribution is 0.0696. The van der Waals surface area contributed by atoms with Crippen LogP contribution in [-0.2, 0) is 4.74 Å². The molecule has 1 fully saturated rings. The van der Waals surface area contributed by atoms with Gasteiger partial charge in [0.1, 0.15) is 5.52 Å². The van der Waals surface area contributed by atoms with E-state index in [1.165, 1.54) is 12.1 Å². The van der Waals surface area contributed by atoms with Crippen molar-refractivity contribution in [3.05, 3.63) is 29.7 Å². The standard InChI is InChI=1S/C13H13NO4/c15-13(16)8-3-4-10-11(6-8)18-12(14-10)9-2-1-5-17-7-9/h3-4,6,9H,1-2,5,7H2,(H,15,16). The minimum atomic E-state index is -0.962. The van der Waals surface area contributed by atoms with Gasteiger partial charge in [-0.15, -0.1) is 0 Å². The molecule has 0 amide bonds. The zero-order chi connectivity index (χ0) is 12.5. The SMILES string of the molecule is O=C(O)c1ccc2nc(C3CCCOC3)oc2c1. The van der Waals surface area contributed by atoms with Crippen molar-refractivity contribution in [2.45, 2.75) is 18.8 Å². The molecule has 2 aromatic rings. The number of carboxylic acids is 1. The summed E-state index contributed by atoms with van der Waals surface area (Å²) in [4.78, 5) is 15.3. The van der Waals surface area contributed by atoms with E-state index in [-0.39, 0.29) is 11.5 Å². The van der Waals surface area contributed by atoms with Crippen molar-refractivity contribution in [1.82, 2.24) is 4.98 Å². The van der Waals surface area contributed by atoms with Gasteiger partial charge in [-0.3, -0.25) is 0 Å². The van der Waals surface area contributed by atoms with Gasteiger partial charge in [-0.25, -0.2) is 9.78 Å². The van der Waals surface area contributed by atoms with Crippen LogP contribution in [0, 0.1) is 0 Å². The molecule has 1 aliphatic rings. The Hall–Kier alpha value is -1.88. The van der Waals surface area contributed by atoms with Crippen LogP contribution < -0.4 is 0 Å². The number of fused-ring (bicyclic) bond motifs is 1. The van der Waals surface area contributed by atoms with Gasteiger partial charge in [0.25, 0.3) is 0 Å². The first-order chi connectivity index (χ1) is 8.74. The largest absolute Gasteiger partial charge is 0.478 e. The van der Waals surface area contributed by atoms with Crippen molar-refractivity contribution in [3.63, 3.8) is 0 Å². The van der Waals surface area contributed by atoms with Gasteiger partial charge in [0.05, 0.1) is 18.1 Å². The van der Waals surface area contributed by atoms with Gasteiger partial charge in [0.15, 0.2) is 5.58 Å². The van der Waals surface area contributed by atoms with E-state index in [0.29, 0.717) is 23.6 Å². The van der Waals surface area contributed by atoms with Gasteiger partial charge < -0.3 is 14.3 Å². The number of benzene rings is 1. The Morgan fingerprint density at radius 1 is 1.44 bits per heavy atom. The van der Waals surface area contributed by atoms with Crippen LogP contribution in [0.2, 0.25) is 0 Å². The topological polar surface area (TPSA) is 72.6 Å². The molecule has 1 aliphatic heterocycles. The van der Waals surface area contributed by atoms with E-state index in [4.69, 9.17) is 14.3 Å². The highest BCUT2D eigenvalue weighted by Gasteiger charge is 2.21. The van der Waals surface area contributed by atoms with Crippen LogP contribution >= 0.6 is 0 Å². The zero-order valence-corrected chi connectivity index (χ0v) is 9.76. The van der Waals surface area contributed by atoms with Crippen LogP contribution in [0.1, 0.15) is 35.0 Å². The van der Waals surface area contributed by atoms with E-state index in [1.807, 2.05) is 0 Å². The van der Waals surface area contributed by atoms with Gasteiger partial charge in [-0.05, 0) is 31.0 Å². The summed E-state index contributed by atoms with van der Waals surface area (Å²) in [5.41, 5.74) is 1.43. The molecule has 1 aromatic heterocycles. The summed E-state index contributed by atoms with van der Waals surface area (Å²) in [6.07, 6.45) is 2.00. The number of oxazole rings is 1. The maximum Gasteiger partial charge on any atom is 0.335 e. The molecule has 2 heterocycles. The highest BCUT2D eigenvalue weighted by atomic mass is 16.5. The van der Waals surface area contributed by atoms with Crippen LogP contribution in [0.4, 0.5) is 0 Å². The second-order valence-electron chi connectivity index (χ2n) is 4.45. The number of rotatable bonds is 2. The fraction of sp³-hybridized carbons (Fsp3) is 0.385. The molecular formula is C13H13NO4. The average Bonchev–Trinajstić information content (AvgIpc) is 2.82. The predicted molar refractivity (Wildman–Crippen MR) is 63.8 cm³/mol. The van der Waals surface area contributed by atoms with Crippen molar-refractivity contribution in [2.75, 3.05) is 13.2 Å². The molecule has 5 nitrogen and oxygen atoms in total. The molecule has 18 heavy (non-hydrogen) atoms. The van der Waals surface area contributed by atoms with E-state index >= 15 is 0 Å². The third kappa shape index (κ3) is 1.97. The van der Waals surface area contributed by atoms with E-state index < -0.39 is 5.97 Å². The summed E-state index contributed by atoms with van der Waals surface area (Å²) in [5, 5.41) is 8.92. The van der Waals surface area contributed by atoms with Crippen LogP contribution in [0.3, 0.4) is 0 Å². The first kappa shape index (κ1) is 11.2. The lowest BCUT2D eigenvalue weighted by Crippen LogP contribution is -2.15. The second-order valence-corrected chi connectivity index (χ2v) is 4.45. The third-order valence-electron chi connectivity index (χ3n) is 3.16. The number of aromatic carboxylic acids is 1. The molecule has 94 valence electrons. The first-order valence-corrected chi connectivity index (χ1v) is 5.95. The number of carboxylic acid groups (broad SMARTS) is 1. The fourth-order valence-electron chi connectivity index (χ4n) is 2.19. The Morgan fingerprint density at radius 2 is 2.33 bits per heavy atom. The highest BCUT2D eigenvalue weighted by molar-refractivity contribution is 5.91. The quantitative estimate of drug-likeness (QED) is 0.882. The molecule has 0 radical (unpaired) electrons. The van der Waals surface area contributed by atoms with Gasteiger partial charge >= 0.3 is 5.97 Å². The van der Waals surface area contributed by atoms with Crippen molar-refractivity contribution in [1.29, 1.82) is 0 Å². The lowest BCUT2D eigenvalue weighted by Gasteiger charge is -2.18. The summed E-state index contributed by atoms with van der Waals surface area (Å²) in [5.74, 6) is -0.137. The predicted octanol–water partition coefficient (Wildman–Crippen LogP) is 2.42. The normalized spacial score (nSPS) is 20.1. The number of aromatic nitrogens is 1. The molecule has 3 rings (SSSR count). The lowest BCUT2D eigenvalue weighted by atomic mass is 10.0. The summed E-state index contributed by atoms with van der Waals surface area (Å²) in [6.45, 7) is 1.42. The molecule has 1 atom stereocenters. The highest BCUT2D eigenvalue weighted by Crippen LogP contribution is 2.28. The van der Waals surface area contributed by atoms with Gasteiger partial charge in [0.2, 0.25) is 5.89 Å². The molecule has 1 N–H and O–H groups in total. The van der Waals surface area contributed by atoms with E-state index in [1.54, 1.807) is 6.07 Å². The number of ether oxygens (including phenoxy) is 1. The van der Waals surface area contributed by atoms with Gasteiger partial charge in [-0.2, -0.15) is 0 Å². The van der Waals surface area contributed by atoms with Crippen molar-refractivity contribution < 1.29 is 19.1 Å². The molecule has 5 heteroatoms. The first-order valence-electron chi connectivity index (χ1n) is 5.95. The van der Waals surface area contributed by atoms with Crippen LogP contribution in [0.5, 0.6) is 0 Å². The summed E-state index contributed by atoms with van der Waals surface area (Å²) >= 11 is 0. The van der Waals surface area contributed by atoms with E-state index in [0.717, 1.165) is 19.4 Å². The zero-order valence-electron chi connectivity index (χ0n) is 9.76. The molecule has 1 saturated heterocycles. The summed E-state index contributed by atoms with van der Waals surface area (Å²) in [7, 11) is 0. The smallest absolute Gasteiger partial charge is 0.335 e. The van der Waals surface area contributed by atoms with Crippen LogP contribution in [0.15, 0.2) is 22.6 Å². The molecule has 0 saturated carbocycles. The van der Waals surface area contributed by atoms with Crippen LogP contribution in [-0.4, -0.2) is 29.3 Å². The minimum absolute atomic E-state index is 0.180. The van der Waals surface area contributed by atoms with Crippen molar-refractivity contribution in [2.24, 2.45) is 0 Å². The maximum atomic E-state index is 10.9. The molecule has 0 bridgehead atoms. The number of carbonyl (C=O) groups is 1. The molecule has 1 unspecified atom stereocenters. The van der Waals surface area contributed by atoms with Crippen molar-refractivity contribution >= 4 is 17.1 Å². The third-order valence-corrected chi connectivity index (χ3v) is 3.16. The van der Waals surface area contributed by atoms with Crippen molar-refractivity contribution in [3.8, 4) is 0 Å². The fourth-order valence-corrected chi connectivity index (χ4v) is 2.19. The van der Waals surface area contributed by atoms with Gasteiger partial charge in [-0.1, -0.05) is 0 Å². The summed E-state index contributed by atoms with van der Waals surface area (Å²) in [6, 6.07) is 4.72.